The molecule has 0 fully saturated rings. The third-order valence-electron chi connectivity index (χ3n) is 0.175. The van der Waals surface area contributed by atoms with Crippen LogP contribution in [0.25, 0.3) is 0 Å². The number of nitrogens with zero attached hydrogens (tertiary/aromatic N) is 1. The number of hydrogen-bond donors (Lipinski definition) is 3. The van der Waals surface area contributed by atoms with Crippen LogP contribution in [0.15, 0.2) is 0 Å². The largest absolute Gasteiger partial charge is 0.480 e. The lowest BCUT2D eigenvalue weighted by atomic mass is 10.7. The minimum atomic E-state index is -1.75. The third-order valence-corrected chi connectivity index (χ3v) is 0.175. The third kappa shape index (κ3) is 592. The maximum Gasteiger partial charge on any atom is 0.317 e. The molecule has 0 heterocycles. The van der Waals surface area contributed by atoms with Gasteiger partial charge in [0.2, 0.25) is 0 Å². The average molecular weight is 155 g/mol. The molecule has 0 aromatic heterocycles. The van der Waals surface area contributed by atoms with Gasteiger partial charge in [0, 0.05) is 0 Å². The SMILES string of the molecule is NCC(=O)O.O=[N+]([O-])[O-].[NH4+]. The van der Waals surface area contributed by atoms with E-state index in [0.717, 1.165) is 0 Å². The van der Waals surface area contributed by atoms with Crippen molar-refractivity contribution in [1.29, 1.82) is 0 Å². The van der Waals surface area contributed by atoms with Crippen LogP contribution < -0.4 is 11.9 Å². The monoisotopic (exact) mass is 155 g/mol. The molecule has 0 spiro atoms. The van der Waals surface area contributed by atoms with E-state index in [1.807, 2.05) is 0 Å². The van der Waals surface area contributed by atoms with Crippen LogP contribution in [0.5, 0.6) is 0 Å². The standard InChI is InChI=1S/C2H5NO2.NO3.H3N/c3-1-2(4)5;2-1(3)4;/h1,3H2,(H,4,5);;1H3/q;-1;/p+1. The first-order valence-electron chi connectivity index (χ1n) is 1.74. The molecule has 8 nitrogen and oxygen atoms in total. The molecule has 0 aliphatic heterocycles. The second-order valence-electron chi connectivity index (χ2n) is 0.821. The van der Waals surface area contributed by atoms with Crippen molar-refractivity contribution in [2.24, 2.45) is 5.73 Å². The molecule has 0 radical (unpaired) electrons. The van der Waals surface area contributed by atoms with E-state index in [9.17, 15) is 4.79 Å². The quantitative estimate of drug-likeness (QED) is 0.329. The van der Waals surface area contributed by atoms with Crippen molar-refractivity contribution in [1.82, 2.24) is 6.15 Å². The molecule has 0 atom stereocenters. The van der Waals surface area contributed by atoms with E-state index in [-0.39, 0.29) is 12.7 Å². The highest BCUT2D eigenvalue weighted by Crippen LogP contribution is 1.44. The topological polar surface area (TPSA) is 166 Å². The molecule has 0 aromatic rings. The number of aliphatic carboxylic acids is 1. The van der Waals surface area contributed by atoms with Crippen LogP contribution in [0, 0.1) is 15.3 Å². The van der Waals surface area contributed by atoms with Crippen LogP contribution in [0.1, 0.15) is 0 Å². The summed E-state index contributed by atoms with van der Waals surface area (Å²) < 4.78 is 0. The Hall–Kier alpha value is -1.41. The van der Waals surface area contributed by atoms with Gasteiger partial charge < -0.3 is 32.3 Å². The van der Waals surface area contributed by atoms with E-state index in [1.165, 1.54) is 0 Å². The van der Waals surface area contributed by atoms with E-state index in [2.05, 4.69) is 5.73 Å². The molecule has 7 N–H and O–H groups in total. The number of quaternary nitrogens is 1. The Morgan fingerprint density at radius 3 is 1.70 bits per heavy atom. The Morgan fingerprint density at radius 2 is 1.70 bits per heavy atom. The summed E-state index contributed by atoms with van der Waals surface area (Å²) in [5.41, 5.74) is 4.57. The van der Waals surface area contributed by atoms with Crippen molar-refractivity contribution in [2.45, 2.75) is 0 Å². The van der Waals surface area contributed by atoms with Crippen LogP contribution in [0.4, 0.5) is 0 Å². The fourth-order valence-corrected chi connectivity index (χ4v) is 0. The summed E-state index contributed by atoms with van der Waals surface area (Å²) in [4.78, 5) is 17.5. The molecule has 0 aliphatic rings. The number of hydrogen-bond acceptors (Lipinski definition) is 5. The van der Waals surface area contributed by atoms with Gasteiger partial charge in [-0.05, 0) is 0 Å². The van der Waals surface area contributed by atoms with Crippen molar-refractivity contribution in [3.8, 4) is 0 Å². The lowest BCUT2D eigenvalue weighted by Gasteiger charge is -1.74. The number of carbonyl (C=O) groups is 1. The number of rotatable bonds is 1. The Kier molecular flexibility index (Phi) is 16.7. The maximum atomic E-state index is 9.24. The Bertz CT molecular complexity index is 99.1. The highest BCUT2D eigenvalue weighted by atomic mass is 16.9. The molecule has 0 saturated carbocycles. The Labute approximate surface area is 55.9 Å². The van der Waals surface area contributed by atoms with E-state index >= 15 is 0 Å². The fourth-order valence-electron chi connectivity index (χ4n) is 0. The van der Waals surface area contributed by atoms with Crippen molar-refractivity contribution >= 4 is 5.97 Å². The van der Waals surface area contributed by atoms with E-state index < -0.39 is 11.1 Å². The van der Waals surface area contributed by atoms with Crippen molar-refractivity contribution in [3.63, 3.8) is 0 Å². The first-order valence-corrected chi connectivity index (χ1v) is 1.74. The van der Waals surface area contributed by atoms with Crippen LogP contribution in [-0.2, 0) is 4.79 Å². The van der Waals surface area contributed by atoms with Crippen LogP contribution in [-0.4, -0.2) is 22.7 Å². The molecule has 0 aliphatic carbocycles. The molecule has 0 aromatic carbocycles. The van der Waals surface area contributed by atoms with Crippen LogP contribution in [0.2, 0.25) is 0 Å². The van der Waals surface area contributed by atoms with Gasteiger partial charge in [-0.2, -0.15) is 0 Å². The number of carboxylic acid groups (broad SMARTS) is 1. The molecule has 0 bridgehead atoms. The molecule has 0 unspecified atom stereocenters. The van der Waals surface area contributed by atoms with E-state index in [1.54, 1.807) is 0 Å². The van der Waals surface area contributed by atoms with Gasteiger partial charge in [-0.1, -0.05) is 0 Å². The first-order chi connectivity index (χ1) is 4.00. The average Bonchev–Trinajstić information content (AvgIpc) is 1.65. The molecule has 0 saturated heterocycles. The molecule has 10 heavy (non-hydrogen) atoms. The lowest BCUT2D eigenvalue weighted by molar-refractivity contribution is -0.402. The van der Waals surface area contributed by atoms with Crippen molar-refractivity contribution in [3.05, 3.63) is 15.3 Å². The molecule has 0 rings (SSSR count). The Balaban J connectivity index is -0.0000000910. The van der Waals surface area contributed by atoms with Crippen LogP contribution >= 0.6 is 0 Å². The molecular weight excluding hydrogens is 146 g/mol. The summed E-state index contributed by atoms with van der Waals surface area (Å²) in [5, 5.41) is 22.3. The lowest BCUT2D eigenvalue weighted by Crippen LogP contribution is -2.10. The molecule has 8 heteroatoms. The normalized spacial score (nSPS) is 6.10. The van der Waals surface area contributed by atoms with Crippen molar-refractivity contribution < 1.29 is 15.0 Å². The van der Waals surface area contributed by atoms with Gasteiger partial charge in [-0.15, -0.1) is 0 Å². The van der Waals surface area contributed by atoms with Gasteiger partial charge in [0.25, 0.3) is 0 Å². The Morgan fingerprint density at radius 1 is 1.60 bits per heavy atom. The van der Waals surface area contributed by atoms with Gasteiger partial charge in [-0.25, -0.2) is 0 Å². The molecule has 0 amide bonds. The van der Waals surface area contributed by atoms with Crippen molar-refractivity contribution in [2.75, 3.05) is 6.54 Å². The van der Waals surface area contributed by atoms with Gasteiger partial charge in [0.1, 0.15) is 0 Å². The van der Waals surface area contributed by atoms with Gasteiger partial charge in [-0.3, -0.25) is 4.79 Å². The predicted molar refractivity (Wildman–Crippen MR) is 33.0 cm³/mol. The zero-order chi connectivity index (χ0) is 7.86. The van der Waals surface area contributed by atoms with E-state index in [0.29, 0.717) is 0 Å². The number of carboxylic acids is 1. The maximum absolute atomic E-state index is 9.24. The summed E-state index contributed by atoms with van der Waals surface area (Å²) in [6.45, 7) is -0.278. The highest BCUT2D eigenvalue weighted by molar-refractivity contribution is 5.68. The second kappa shape index (κ2) is 10.5. The smallest absolute Gasteiger partial charge is 0.317 e. The summed E-state index contributed by atoms with van der Waals surface area (Å²) >= 11 is 0. The summed E-state index contributed by atoms with van der Waals surface area (Å²) in [6, 6.07) is 0. The molecular formula is C2H9N3O5. The predicted octanol–water partition coefficient (Wildman–Crippen LogP) is -0.833. The summed E-state index contributed by atoms with van der Waals surface area (Å²) in [5.74, 6) is -0.968. The first kappa shape index (κ1) is 15.8. The fraction of sp³-hybridized carbons (Fsp3) is 0.500. The summed E-state index contributed by atoms with van der Waals surface area (Å²) in [7, 11) is 0. The zero-order valence-corrected chi connectivity index (χ0v) is 5.31. The highest BCUT2D eigenvalue weighted by Gasteiger charge is 1.81. The second-order valence-corrected chi connectivity index (χ2v) is 0.821. The van der Waals surface area contributed by atoms with Gasteiger partial charge >= 0.3 is 5.97 Å². The van der Waals surface area contributed by atoms with Gasteiger partial charge in [0.05, 0.1) is 11.6 Å². The zero-order valence-electron chi connectivity index (χ0n) is 5.31. The summed E-state index contributed by atoms with van der Waals surface area (Å²) in [6.07, 6.45) is 0. The van der Waals surface area contributed by atoms with Crippen LogP contribution in [0.3, 0.4) is 0 Å². The van der Waals surface area contributed by atoms with E-state index in [4.69, 9.17) is 20.4 Å². The minimum Gasteiger partial charge on any atom is -0.480 e. The van der Waals surface area contributed by atoms with Gasteiger partial charge in [0.15, 0.2) is 0 Å². The number of nitrogens with two attached hydrogens (primary N) is 1. The molecule has 62 valence electrons. The minimum absolute atomic E-state index is 0.